The van der Waals surface area contributed by atoms with Crippen molar-refractivity contribution in [2.75, 3.05) is 26.2 Å². The van der Waals surface area contributed by atoms with Crippen molar-refractivity contribution in [3.63, 3.8) is 0 Å². The fraction of sp³-hybridized carbons (Fsp3) is 0.786. The van der Waals surface area contributed by atoms with Gasteiger partial charge in [-0.3, -0.25) is 9.59 Å². The van der Waals surface area contributed by atoms with Gasteiger partial charge in [0, 0.05) is 12.5 Å². The zero-order chi connectivity index (χ0) is 14.7. The average molecular weight is 270 g/mol. The van der Waals surface area contributed by atoms with Crippen LogP contribution >= 0.6 is 0 Å². The number of rotatable bonds is 11. The summed E-state index contributed by atoms with van der Waals surface area (Å²) >= 11 is 0. The van der Waals surface area contributed by atoms with Crippen molar-refractivity contribution in [1.29, 1.82) is 0 Å². The first kappa shape index (κ1) is 17.9. The lowest BCUT2D eigenvalue weighted by Gasteiger charge is -2.17. The number of unbranched alkanes of at least 4 members (excludes halogenated alkanes) is 1. The Morgan fingerprint density at radius 1 is 1.26 bits per heavy atom. The van der Waals surface area contributed by atoms with Crippen molar-refractivity contribution < 1.29 is 9.59 Å². The molecule has 5 nitrogen and oxygen atoms in total. The van der Waals surface area contributed by atoms with E-state index in [1.165, 1.54) is 6.42 Å². The third-order valence-corrected chi connectivity index (χ3v) is 3.24. The maximum atomic E-state index is 11.5. The van der Waals surface area contributed by atoms with Gasteiger partial charge in [-0.15, -0.1) is 0 Å². The Labute approximate surface area is 116 Å². The summed E-state index contributed by atoms with van der Waals surface area (Å²) in [5.74, 6) is -0.771. The van der Waals surface area contributed by atoms with E-state index in [1.54, 1.807) is 6.92 Å². The standard InChI is InChI=1S/C14H28N3O2/c1-4-17(5-2)11-7-6-10-16-13(18)9-8-12(3)14(15)19/h9,12H,4-8,10-11H2,1-3H3,(H2,15,19)(H,16,18)/t12-/m0/s1. The minimum Gasteiger partial charge on any atom is -0.369 e. The van der Waals surface area contributed by atoms with Crippen LogP contribution in [0.4, 0.5) is 0 Å². The second kappa shape index (κ2) is 10.8. The van der Waals surface area contributed by atoms with Gasteiger partial charge in [0.05, 0.1) is 6.42 Å². The van der Waals surface area contributed by atoms with Gasteiger partial charge in [-0.1, -0.05) is 20.8 Å². The number of carbonyl (C=O) groups is 2. The highest BCUT2D eigenvalue weighted by molar-refractivity contribution is 5.85. The molecule has 0 aliphatic carbocycles. The molecular formula is C14H28N3O2. The first-order valence-electron chi connectivity index (χ1n) is 7.13. The number of amides is 2. The number of primary amides is 1. The van der Waals surface area contributed by atoms with E-state index < -0.39 is 0 Å². The molecule has 0 unspecified atom stereocenters. The van der Waals surface area contributed by atoms with Gasteiger partial charge in [-0.25, -0.2) is 0 Å². The molecule has 3 N–H and O–H groups in total. The van der Waals surface area contributed by atoms with Crippen LogP contribution in [0.25, 0.3) is 0 Å². The summed E-state index contributed by atoms with van der Waals surface area (Å²) in [6.07, 6.45) is 3.96. The zero-order valence-corrected chi connectivity index (χ0v) is 12.4. The Kier molecular flexibility index (Phi) is 10.2. The van der Waals surface area contributed by atoms with E-state index in [9.17, 15) is 9.59 Å². The molecule has 0 aromatic rings. The molecule has 0 spiro atoms. The molecule has 0 fully saturated rings. The predicted molar refractivity (Wildman–Crippen MR) is 77.3 cm³/mol. The smallest absolute Gasteiger partial charge is 0.223 e. The molecule has 0 bridgehead atoms. The van der Waals surface area contributed by atoms with Gasteiger partial charge in [0.2, 0.25) is 11.8 Å². The number of nitrogens with zero attached hydrogens (tertiary/aromatic N) is 1. The van der Waals surface area contributed by atoms with Crippen molar-refractivity contribution in [2.45, 2.75) is 40.0 Å². The molecule has 1 atom stereocenters. The zero-order valence-electron chi connectivity index (χ0n) is 12.4. The van der Waals surface area contributed by atoms with Crippen LogP contribution in [0.1, 0.15) is 40.0 Å². The van der Waals surface area contributed by atoms with Crippen molar-refractivity contribution in [3.05, 3.63) is 6.42 Å². The Hall–Kier alpha value is -1.10. The molecule has 0 heterocycles. The Balaban J connectivity index is 3.51. The minimum atomic E-state index is -0.372. The van der Waals surface area contributed by atoms with E-state index >= 15 is 0 Å². The molecule has 0 rings (SSSR count). The van der Waals surface area contributed by atoms with E-state index in [0.717, 1.165) is 32.5 Å². The maximum absolute atomic E-state index is 11.5. The fourth-order valence-electron chi connectivity index (χ4n) is 1.68. The molecule has 111 valence electrons. The minimum absolute atomic E-state index is 0.115. The van der Waals surface area contributed by atoms with Gasteiger partial charge >= 0.3 is 0 Å². The number of nitrogens with two attached hydrogens (primary N) is 1. The molecule has 0 aromatic carbocycles. The van der Waals surface area contributed by atoms with Crippen LogP contribution in [0.2, 0.25) is 0 Å². The molecule has 1 radical (unpaired) electrons. The third kappa shape index (κ3) is 9.47. The van der Waals surface area contributed by atoms with Gasteiger partial charge in [0.1, 0.15) is 0 Å². The first-order valence-corrected chi connectivity index (χ1v) is 7.13. The summed E-state index contributed by atoms with van der Waals surface area (Å²) in [6.45, 7) is 9.92. The van der Waals surface area contributed by atoms with Gasteiger partial charge in [0.15, 0.2) is 0 Å². The number of hydrogen-bond acceptors (Lipinski definition) is 3. The average Bonchev–Trinajstić information content (AvgIpc) is 2.39. The summed E-state index contributed by atoms with van der Waals surface area (Å²) in [4.78, 5) is 24.6. The molecule has 0 aliphatic heterocycles. The molecule has 0 saturated heterocycles. The molecule has 0 aromatic heterocycles. The first-order chi connectivity index (χ1) is 9.01. The molecule has 2 amide bonds. The van der Waals surface area contributed by atoms with E-state index in [4.69, 9.17) is 5.73 Å². The molecular weight excluding hydrogens is 242 g/mol. The number of hydrogen-bond donors (Lipinski definition) is 2. The molecule has 0 aliphatic rings. The SMILES string of the molecule is CCN(CC)CCCCNC(=O)[CH]C[C@H](C)C(N)=O. The van der Waals surface area contributed by atoms with Gasteiger partial charge in [-0.2, -0.15) is 0 Å². The fourth-order valence-corrected chi connectivity index (χ4v) is 1.68. The normalized spacial score (nSPS) is 12.4. The predicted octanol–water partition coefficient (Wildman–Crippen LogP) is 0.940. The summed E-state index contributed by atoms with van der Waals surface area (Å²) in [5, 5.41) is 2.82. The van der Waals surface area contributed by atoms with Crippen LogP contribution in [0, 0.1) is 12.3 Å². The van der Waals surface area contributed by atoms with Crippen LogP contribution in [0.5, 0.6) is 0 Å². The van der Waals surface area contributed by atoms with Gasteiger partial charge < -0.3 is 16.0 Å². The van der Waals surface area contributed by atoms with Gasteiger partial charge in [-0.05, 0) is 38.9 Å². The highest BCUT2D eigenvalue weighted by Gasteiger charge is 2.11. The topological polar surface area (TPSA) is 75.4 Å². The van der Waals surface area contributed by atoms with Crippen LogP contribution in [-0.4, -0.2) is 42.9 Å². The Morgan fingerprint density at radius 3 is 2.42 bits per heavy atom. The van der Waals surface area contributed by atoms with Crippen LogP contribution in [0.15, 0.2) is 0 Å². The molecule has 0 saturated carbocycles. The number of carbonyl (C=O) groups excluding carboxylic acids is 2. The van der Waals surface area contributed by atoms with Crippen molar-refractivity contribution >= 4 is 11.8 Å². The van der Waals surface area contributed by atoms with E-state index in [0.29, 0.717) is 13.0 Å². The summed E-state index contributed by atoms with van der Waals surface area (Å²) in [7, 11) is 0. The Bertz CT molecular complexity index is 265. The summed E-state index contributed by atoms with van der Waals surface area (Å²) in [5.41, 5.74) is 5.12. The van der Waals surface area contributed by atoms with Crippen molar-refractivity contribution in [2.24, 2.45) is 11.7 Å². The quantitative estimate of drug-likeness (QED) is 0.549. The summed E-state index contributed by atoms with van der Waals surface area (Å²) < 4.78 is 0. The van der Waals surface area contributed by atoms with E-state index in [1.807, 2.05) is 0 Å². The largest absolute Gasteiger partial charge is 0.369 e. The second-order valence-electron chi connectivity index (χ2n) is 4.77. The van der Waals surface area contributed by atoms with Gasteiger partial charge in [0.25, 0.3) is 0 Å². The van der Waals surface area contributed by atoms with Crippen molar-refractivity contribution in [3.8, 4) is 0 Å². The van der Waals surface area contributed by atoms with Crippen LogP contribution in [0.3, 0.4) is 0 Å². The van der Waals surface area contributed by atoms with Crippen LogP contribution in [-0.2, 0) is 9.59 Å². The highest BCUT2D eigenvalue weighted by atomic mass is 16.2. The Morgan fingerprint density at radius 2 is 1.89 bits per heavy atom. The lowest BCUT2D eigenvalue weighted by molar-refractivity contribution is -0.121. The van der Waals surface area contributed by atoms with Crippen molar-refractivity contribution in [1.82, 2.24) is 10.2 Å². The lowest BCUT2D eigenvalue weighted by Crippen LogP contribution is -2.28. The second-order valence-corrected chi connectivity index (χ2v) is 4.77. The molecule has 19 heavy (non-hydrogen) atoms. The lowest BCUT2D eigenvalue weighted by atomic mass is 10.1. The maximum Gasteiger partial charge on any atom is 0.223 e. The van der Waals surface area contributed by atoms with E-state index in [-0.39, 0.29) is 17.7 Å². The molecule has 5 heteroatoms. The van der Waals surface area contributed by atoms with E-state index in [2.05, 4.69) is 24.1 Å². The monoisotopic (exact) mass is 270 g/mol. The summed E-state index contributed by atoms with van der Waals surface area (Å²) in [6, 6.07) is 0. The van der Waals surface area contributed by atoms with Crippen LogP contribution < -0.4 is 11.1 Å². The number of nitrogens with one attached hydrogen (secondary N) is 1. The highest BCUT2D eigenvalue weighted by Crippen LogP contribution is 2.03. The third-order valence-electron chi connectivity index (χ3n) is 3.24.